The highest BCUT2D eigenvalue weighted by Gasteiger charge is 2.32. The average Bonchev–Trinajstić information content (AvgIpc) is 3.25. The molecule has 3 N–H and O–H groups in total. The van der Waals surface area contributed by atoms with Gasteiger partial charge in [-0.1, -0.05) is 11.6 Å². The Labute approximate surface area is 193 Å². The molecule has 0 radical (unpaired) electrons. The van der Waals surface area contributed by atoms with Gasteiger partial charge in [0.25, 0.3) is 5.91 Å². The van der Waals surface area contributed by atoms with Crippen molar-refractivity contribution in [2.45, 2.75) is 44.2 Å². The molecule has 0 bridgehead atoms. The Morgan fingerprint density at radius 2 is 2.12 bits per heavy atom. The molecular weight excluding hydrogens is 451 g/mol. The maximum Gasteiger partial charge on any atom is 0.408 e. The minimum atomic E-state index is -0.553. The van der Waals surface area contributed by atoms with Gasteiger partial charge in [0.05, 0.1) is 16.8 Å². The number of fused-ring (bicyclic) bond motifs is 1. The molecule has 0 aliphatic heterocycles. The highest BCUT2D eigenvalue weighted by Crippen LogP contribution is 2.40. The molecule has 172 valence electrons. The molecule has 33 heavy (non-hydrogen) atoms. The maximum atomic E-state index is 13.4. The number of alkyl carbamates (subject to hydrolysis) is 1. The highest BCUT2D eigenvalue weighted by molar-refractivity contribution is 6.31. The second-order valence-corrected chi connectivity index (χ2v) is 8.75. The zero-order chi connectivity index (χ0) is 23.1. The van der Waals surface area contributed by atoms with Gasteiger partial charge in [-0.25, -0.2) is 9.18 Å². The van der Waals surface area contributed by atoms with Crippen LogP contribution < -0.4 is 10.6 Å². The zero-order valence-corrected chi connectivity index (χ0v) is 18.6. The zero-order valence-electron chi connectivity index (χ0n) is 17.8. The highest BCUT2D eigenvalue weighted by atomic mass is 35.5. The summed E-state index contributed by atoms with van der Waals surface area (Å²) in [7, 11) is 1.77. The van der Waals surface area contributed by atoms with Gasteiger partial charge in [0.1, 0.15) is 23.8 Å². The van der Waals surface area contributed by atoms with E-state index in [9.17, 15) is 14.0 Å². The van der Waals surface area contributed by atoms with Gasteiger partial charge in [-0.15, -0.1) is 0 Å². The van der Waals surface area contributed by atoms with E-state index in [1.54, 1.807) is 11.6 Å². The second-order valence-electron chi connectivity index (χ2n) is 8.35. The Morgan fingerprint density at radius 3 is 2.88 bits per heavy atom. The molecule has 9 nitrogen and oxygen atoms in total. The first-order valence-electron chi connectivity index (χ1n) is 10.7. The van der Waals surface area contributed by atoms with Gasteiger partial charge in [-0.05, 0) is 55.0 Å². The van der Waals surface area contributed by atoms with E-state index in [0.717, 1.165) is 29.7 Å². The van der Waals surface area contributed by atoms with Crippen LogP contribution in [0.1, 0.15) is 64.2 Å². The van der Waals surface area contributed by atoms with Crippen LogP contribution in [0.4, 0.5) is 14.9 Å². The van der Waals surface area contributed by atoms with E-state index >= 15 is 0 Å². The van der Waals surface area contributed by atoms with Crippen LogP contribution in [-0.4, -0.2) is 32.0 Å². The first-order chi connectivity index (χ1) is 15.9. The molecule has 0 spiro atoms. The fourth-order valence-corrected chi connectivity index (χ4v) is 4.47. The van der Waals surface area contributed by atoms with Crippen LogP contribution in [0.2, 0.25) is 5.02 Å². The molecule has 1 fully saturated rings. The number of ether oxygens (including phenoxy) is 1. The number of aromatic amines is 1. The van der Waals surface area contributed by atoms with Crippen LogP contribution in [-0.2, 0) is 24.8 Å². The van der Waals surface area contributed by atoms with Gasteiger partial charge in [-0.2, -0.15) is 15.4 Å². The molecule has 11 heteroatoms. The predicted molar refractivity (Wildman–Crippen MR) is 118 cm³/mol. The number of anilines is 1. The molecular formula is C22H22ClFN6O3. The largest absolute Gasteiger partial charge is 0.443 e. The molecule has 1 aromatic carbocycles. The van der Waals surface area contributed by atoms with E-state index in [0.29, 0.717) is 35.8 Å². The molecule has 2 heterocycles. The number of aryl methyl sites for hydroxylation is 1. The van der Waals surface area contributed by atoms with Gasteiger partial charge >= 0.3 is 6.09 Å². The van der Waals surface area contributed by atoms with Gasteiger partial charge < -0.3 is 19.9 Å². The van der Waals surface area contributed by atoms with Crippen LogP contribution >= 0.6 is 11.6 Å². The van der Waals surface area contributed by atoms with Crippen molar-refractivity contribution in [3.63, 3.8) is 0 Å². The molecule has 1 unspecified atom stereocenters. The van der Waals surface area contributed by atoms with Gasteiger partial charge in [0.15, 0.2) is 0 Å². The summed E-state index contributed by atoms with van der Waals surface area (Å²) in [6.45, 7) is 0.0520. The topological polar surface area (TPSA) is 114 Å². The minimum Gasteiger partial charge on any atom is -0.443 e. The molecule has 2 aliphatic carbocycles. The quantitative estimate of drug-likeness (QED) is 0.502. The van der Waals surface area contributed by atoms with Crippen molar-refractivity contribution < 1.29 is 18.7 Å². The minimum absolute atomic E-state index is 0.0520. The number of benzene rings is 1. The Morgan fingerprint density at radius 1 is 1.30 bits per heavy atom. The maximum absolute atomic E-state index is 13.4. The number of rotatable bonds is 6. The number of carbonyl (C=O) groups excluding carboxylic acids is 2. The number of hydrogen-bond donors (Lipinski definition) is 3. The summed E-state index contributed by atoms with van der Waals surface area (Å²) in [5.41, 5.74) is 4.14. The number of halogens is 2. The number of aromatic nitrogens is 4. The molecule has 1 saturated carbocycles. The molecule has 2 aliphatic rings. The molecule has 5 rings (SSSR count). The smallest absolute Gasteiger partial charge is 0.408 e. The number of hydrogen-bond acceptors (Lipinski definition) is 5. The Kier molecular flexibility index (Phi) is 5.53. The first-order valence-corrected chi connectivity index (χ1v) is 11.1. The summed E-state index contributed by atoms with van der Waals surface area (Å²) in [4.78, 5) is 25.3. The van der Waals surface area contributed by atoms with Crippen molar-refractivity contribution in [3.05, 3.63) is 63.4 Å². The summed E-state index contributed by atoms with van der Waals surface area (Å²) in [6, 6.07) is 3.75. The van der Waals surface area contributed by atoms with Crippen LogP contribution in [0.25, 0.3) is 0 Å². The molecule has 2 amide bonds. The third-order valence-corrected chi connectivity index (χ3v) is 6.31. The monoisotopic (exact) mass is 472 g/mol. The average molecular weight is 473 g/mol. The lowest BCUT2D eigenvalue weighted by atomic mass is 10.1. The number of nitrogens with one attached hydrogen (secondary N) is 3. The van der Waals surface area contributed by atoms with Crippen molar-refractivity contribution >= 4 is 29.3 Å². The molecule has 2 aromatic heterocycles. The molecule has 3 aromatic rings. The predicted octanol–water partition coefficient (Wildman–Crippen LogP) is 3.98. The Hall–Kier alpha value is -3.40. The van der Waals surface area contributed by atoms with Crippen LogP contribution in [0.5, 0.6) is 0 Å². The van der Waals surface area contributed by atoms with E-state index < -0.39 is 11.9 Å². The number of nitrogens with zero attached hydrogens (tertiary/aromatic N) is 3. The Balaban J connectivity index is 1.24. The van der Waals surface area contributed by atoms with E-state index in [2.05, 4.69) is 26.0 Å². The van der Waals surface area contributed by atoms with Crippen LogP contribution in [0.3, 0.4) is 0 Å². The first kappa shape index (κ1) is 21.4. The Bertz CT molecular complexity index is 1230. The van der Waals surface area contributed by atoms with Crippen molar-refractivity contribution in [1.29, 1.82) is 0 Å². The van der Waals surface area contributed by atoms with Crippen LogP contribution in [0.15, 0.2) is 24.4 Å². The number of carbonyl (C=O) groups is 2. The van der Waals surface area contributed by atoms with E-state index in [4.69, 9.17) is 16.3 Å². The molecule has 0 saturated heterocycles. The van der Waals surface area contributed by atoms with Gasteiger partial charge in [0, 0.05) is 24.8 Å². The lowest BCUT2D eigenvalue weighted by molar-refractivity contribution is 0.101. The normalized spacial score (nSPS) is 17.0. The summed E-state index contributed by atoms with van der Waals surface area (Å²) >= 11 is 5.81. The number of amides is 2. The van der Waals surface area contributed by atoms with E-state index in [1.165, 1.54) is 18.2 Å². The van der Waals surface area contributed by atoms with E-state index in [-0.39, 0.29) is 23.6 Å². The van der Waals surface area contributed by atoms with Crippen molar-refractivity contribution in [3.8, 4) is 0 Å². The van der Waals surface area contributed by atoms with Crippen molar-refractivity contribution in [1.82, 2.24) is 25.3 Å². The SMILES string of the molecule is Cn1cc2c(c1C(=O)Nc1ccc(F)c(Cl)c1)CCC2NC(=O)OCc1n[nH]nc1C1CC1. The number of H-pyrrole nitrogens is 1. The van der Waals surface area contributed by atoms with E-state index in [1.807, 2.05) is 6.20 Å². The van der Waals surface area contributed by atoms with Crippen molar-refractivity contribution in [2.75, 3.05) is 5.32 Å². The lowest BCUT2D eigenvalue weighted by Gasteiger charge is -2.13. The summed E-state index contributed by atoms with van der Waals surface area (Å²) in [5.74, 6) is -0.478. The third-order valence-electron chi connectivity index (χ3n) is 6.02. The fourth-order valence-electron chi connectivity index (χ4n) is 4.29. The molecule has 1 atom stereocenters. The summed E-state index contributed by atoms with van der Waals surface area (Å²) < 4.78 is 20.5. The van der Waals surface area contributed by atoms with Gasteiger partial charge in [-0.3, -0.25) is 4.79 Å². The van der Waals surface area contributed by atoms with Crippen molar-refractivity contribution in [2.24, 2.45) is 7.05 Å². The van der Waals surface area contributed by atoms with Crippen LogP contribution in [0, 0.1) is 5.82 Å². The fraction of sp³-hybridized carbons (Fsp3) is 0.364. The lowest BCUT2D eigenvalue weighted by Crippen LogP contribution is -2.27. The van der Waals surface area contributed by atoms with Gasteiger partial charge in [0.2, 0.25) is 0 Å². The third kappa shape index (κ3) is 4.30. The standard InChI is InChI=1S/C22H22ClFN6O3/c1-30-9-14-13(20(30)21(31)25-12-4-6-16(24)15(23)8-12)5-7-17(14)26-22(32)33-10-18-19(11-2-3-11)28-29-27-18/h4,6,8-9,11,17H,2-3,5,7,10H2,1H3,(H,25,31)(H,26,32)(H,27,28,29). The summed E-state index contributed by atoms with van der Waals surface area (Å²) in [6.07, 6.45) is 4.73. The summed E-state index contributed by atoms with van der Waals surface area (Å²) in [5, 5.41) is 16.4. The second kappa shape index (κ2) is 8.51.